The van der Waals surface area contributed by atoms with Crippen molar-refractivity contribution in [2.75, 3.05) is 18.1 Å². The number of carboxylic acids is 1. The second-order valence-corrected chi connectivity index (χ2v) is 3.71. The third kappa shape index (κ3) is 4.42. The Morgan fingerprint density at radius 2 is 1.95 bits per heavy atom. The zero-order valence-electron chi connectivity index (χ0n) is 10.5. The topological polar surface area (TPSA) is 83.9 Å². The van der Waals surface area contributed by atoms with Gasteiger partial charge in [-0.05, 0) is 31.2 Å². The smallest absolute Gasteiger partial charge is 0.338 e. The molecule has 1 N–H and O–H groups in total. The summed E-state index contributed by atoms with van der Waals surface area (Å²) in [4.78, 5) is 34.0. The molecule has 19 heavy (non-hydrogen) atoms. The maximum atomic E-state index is 11.4. The number of rotatable bonds is 7. The van der Waals surface area contributed by atoms with Gasteiger partial charge in [0.1, 0.15) is 0 Å². The Labute approximate surface area is 110 Å². The maximum Gasteiger partial charge on any atom is 0.338 e. The van der Waals surface area contributed by atoms with Crippen molar-refractivity contribution < 1.29 is 24.2 Å². The first-order chi connectivity index (χ1) is 9.08. The Bertz CT molecular complexity index is 455. The molecule has 0 aliphatic heterocycles. The summed E-state index contributed by atoms with van der Waals surface area (Å²) < 4.78 is 4.83. The zero-order valence-corrected chi connectivity index (χ0v) is 10.5. The van der Waals surface area contributed by atoms with E-state index >= 15 is 0 Å². The van der Waals surface area contributed by atoms with Crippen molar-refractivity contribution in [3.63, 3.8) is 0 Å². The van der Waals surface area contributed by atoms with E-state index in [1.807, 2.05) is 0 Å². The summed E-state index contributed by atoms with van der Waals surface area (Å²) in [6, 6.07) is 6.21. The first-order valence-electron chi connectivity index (χ1n) is 5.79. The number of hydrogen-bond donors (Lipinski definition) is 1. The molecular weight excluding hydrogens is 250 g/mol. The van der Waals surface area contributed by atoms with Crippen LogP contribution in [0.15, 0.2) is 24.3 Å². The zero-order chi connectivity index (χ0) is 14.3. The molecule has 0 spiro atoms. The van der Waals surface area contributed by atoms with Gasteiger partial charge in [-0.25, -0.2) is 4.79 Å². The van der Waals surface area contributed by atoms with Gasteiger partial charge in [0.15, 0.2) is 0 Å². The van der Waals surface area contributed by atoms with Crippen LogP contribution in [-0.2, 0) is 14.3 Å². The summed E-state index contributed by atoms with van der Waals surface area (Å²) in [6.45, 7) is 2.09. The summed E-state index contributed by atoms with van der Waals surface area (Å²) >= 11 is 0. The molecule has 0 saturated heterocycles. The molecule has 0 heterocycles. The number of carbonyl (C=O) groups is 3. The Kier molecular flexibility index (Phi) is 5.53. The van der Waals surface area contributed by atoms with E-state index in [1.54, 1.807) is 19.1 Å². The minimum Gasteiger partial charge on any atom is -0.481 e. The Morgan fingerprint density at radius 3 is 2.42 bits per heavy atom. The number of ether oxygens (including phenoxy) is 1. The fraction of sp³-hybridized carbons (Fsp3) is 0.308. The lowest BCUT2D eigenvalue weighted by molar-refractivity contribution is -0.136. The molecule has 0 aliphatic carbocycles. The van der Waals surface area contributed by atoms with Gasteiger partial charge in [-0.2, -0.15) is 0 Å². The van der Waals surface area contributed by atoms with Gasteiger partial charge in [-0.1, -0.05) is 0 Å². The first-order valence-corrected chi connectivity index (χ1v) is 5.79. The van der Waals surface area contributed by atoms with Crippen molar-refractivity contribution in [2.24, 2.45) is 0 Å². The highest BCUT2D eigenvalue weighted by atomic mass is 16.5. The summed E-state index contributed by atoms with van der Waals surface area (Å²) in [7, 11) is 0. The van der Waals surface area contributed by atoms with Gasteiger partial charge in [0, 0.05) is 12.2 Å². The van der Waals surface area contributed by atoms with Crippen molar-refractivity contribution in [1.29, 1.82) is 0 Å². The summed E-state index contributed by atoms with van der Waals surface area (Å²) in [5.41, 5.74) is 0.916. The number of amides is 1. The van der Waals surface area contributed by atoms with Gasteiger partial charge >= 0.3 is 11.9 Å². The number of carbonyl (C=O) groups excluding carboxylic acids is 2. The quantitative estimate of drug-likeness (QED) is 0.593. The second kappa shape index (κ2) is 7.15. The number of hydrogen-bond acceptors (Lipinski definition) is 4. The summed E-state index contributed by atoms with van der Waals surface area (Å²) in [5.74, 6) is -1.41. The van der Waals surface area contributed by atoms with Crippen LogP contribution in [0.2, 0.25) is 0 Å². The summed E-state index contributed by atoms with van der Waals surface area (Å²) in [5, 5.41) is 8.58. The van der Waals surface area contributed by atoms with Crippen LogP contribution in [-0.4, -0.2) is 36.6 Å². The predicted octanol–water partition coefficient (Wildman–Crippen LogP) is 1.30. The number of carboxylic acid groups (broad SMARTS) is 1. The van der Waals surface area contributed by atoms with Crippen LogP contribution < -0.4 is 4.90 Å². The third-order valence-corrected chi connectivity index (χ3v) is 2.40. The molecule has 1 aromatic carbocycles. The van der Waals surface area contributed by atoms with E-state index in [2.05, 4.69) is 0 Å². The predicted molar refractivity (Wildman–Crippen MR) is 68.1 cm³/mol. The third-order valence-electron chi connectivity index (χ3n) is 2.40. The molecule has 102 valence electrons. The molecule has 6 nitrogen and oxygen atoms in total. The molecule has 0 unspecified atom stereocenters. The minimum absolute atomic E-state index is 0.0809. The monoisotopic (exact) mass is 265 g/mol. The molecule has 0 aliphatic rings. The van der Waals surface area contributed by atoms with Crippen molar-refractivity contribution in [3.05, 3.63) is 29.8 Å². The number of nitrogens with zero attached hydrogens (tertiary/aromatic N) is 1. The molecule has 0 fully saturated rings. The number of esters is 1. The average Bonchev–Trinajstić information content (AvgIpc) is 2.40. The fourth-order valence-electron chi connectivity index (χ4n) is 1.46. The van der Waals surface area contributed by atoms with Gasteiger partial charge in [0.2, 0.25) is 6.41 Å². The van der Waals surface area contributed by atoms with E-state index in [-0.39, 0.29) is 13.0 Å². The molecule has 0 bridgehead atoms. The van der Waals surface area contributed by atoms with E-state index in [0.717, 1.165) is 0 Å². The molecule has 0 radical (unpaired) electrons. The molecule has 0 saturated carbocycles. The average molecular weight is 265 g/mol. The lowest BCUT2D eigenvalue weighted by Gasteiger charge is -2.16. The van der Waals surface area contributed by atoms with E-state index in [1.165, 1.54) is 17.0 Å². The fourth-order valence-corrected chi connectivity index (χ4v) is 1.46. The standard InChI is InChI=1S/C13H15NO5/c1-2-19-13(18)10-3-5-11(6-4-10)14(9-15)8-7-12(16)17/h3-6,9H,2,7-8H2,1H3,(H,16,17). The van der Waals surface area contributed by atoms with E-state index in [9.17, 15) is 14.4 Å². The normalized spacial score (nSPS) is 9.74. The highest BCUT2D eigenvalue weighted by molar-refractivity contribution is 5.90. The van der Waals surface area contributed by atoms with Crippen LogP contribution in [0, 0.1) is 0 Å². The van der Waals surface area contributed by atoms with Gasteiger partial charge in [-0.3, -0.25) is 9.59 Å². The lowest BCUT2D eigenvalue weighted by atomic mass is 10.2. The second-order valence-electron chi connectivity index (χ2n) is 3.71. The number of aliphatic carboxylic acids is 1. The molecule has 1 amide bonds. The molecule has 1 aromatic rings. The van der Waals surface area contributed by atoms with Crippen LogP contribution in [0.5, 0.6) is 0 Å². The molecule has 1 rings (SSSR count). The largest absolute Gasteiger partial charge is 0.481 e. The van der Waals surface area contributed by atoms with Crippen molar-refractivity contribution in [3.8, 4) is 0 Å². The van der Waals surface area contributed by atoms with E-state index in [0.29, 0.717) is 24.3 Å². The number of benzene rings is 1. The highest BCUT2D eigenvalue weighted by Gasteiger charge is 2.10. The van der Waals surface area contributed by atoms with Crippen LogP contribution in [0.25, 0.3) is 0 Å². The molecule has 6 heteroatoms. The lowest BCUT2D eigenvalue weighted by Crippen LogP contribution is -2.24. The molecule has 0 atom stereocenters. The molecular formula is C13H15NO5. The Morgan fingerprint density at radius 1 is 1.32 bits per heavy atom. The van der Waals surface area contributed by atoms with Gasteiger partial charge in [-0.15, -0.1) is 0 Å². The maximum absolute atomic E-state index is 11.4. The highest BCUT2D eigenvalue weighted by Crippen LogP contribution is 2.15. The van der Waals surface area contributed by atoms with Gasteiger partial charge < -0.3 is 14.7 Å². The van der Waals surface area contributed by atoms with E-state index in [4.69, 9.17) is 9.84 Å². The van der Waals surface area contributed by atoms with Crippen molar-refractivity contribution in [2.45, 2.75) is 13.3 Å². The van der Waals surface area contributed by atoms with Crippen LogP contribution >= 0.6 is 0 Å². The van der Waals surface area contributed by atoms with E-state index < -0.39 is 11.9 Å². The Balaban J connectivity index is 2.75. The van der Waals surface area contributed by atoms with Crippen molar-refractivity contribution >= 4 is 24.0 Å². The first kappa shape index (κ1) is 14.7. The minimum atomic E-state index is -0.977. The van der Waals surface area contributed by atoms with Crippen LogP contribution in [0.4, 0.5) is 5.69 Å². The van der Waals surface area contributed by atoms with Crippen molar-refractivity contribution in [1.82, 2.24) is 0 Å². The van der Waals surface area contributed by atoms with Crippen LogP contribution in [0.1, 0.15) is 23.7 Å². The van der Waals surface area contributed by atoms with Gasteiger partial charge in [0.05, 0.1) is 18.6 Å². The van der Waals surface area contributed by atoms with Gasteiger partial charge in [0.25, 0.3) is 0 Å². The summed E-state index contributed by atoms with van der Waals surface area (Å²) in [6.07, 6.45) is 0.417. The van der Waals surface area contributed by atoms with Crippen LogP contribution in [0.3, 0.4) is 0 Å². The number of anilines is 1. The SMILES string of the molecule is CCOC(=O)c1ccc(N(C=O)CCC(=O)O)cc1. The molecule has 0 aromatic heterocycles. The Hall–Kier alpha value is -2.37.